The molecule has 1 rings (SSSR count). The number of nitrogens with zero attached hydrogens (tertiary/aromatic N) is 1. The zero-order valence-electron chi connectivity index (χ0n) is 5.66. The topological polar surface area (TPSA) is 60.4 Å². The van der Waals surface area contributed by atoms with Crippen molar-refractivity contribution in [1.82, 2.24) is 4.90 Å². The van der Waals surface area contributed by atoms with E-state index in [0.717, 1.165) is 0 Å². The van der Waals surface area contributed by atoms with Crippen LogP contribution in [0.3, 0.4) is 0 Å². The van der Waals surface area contributed by atoms with E-state index >= 15 is 0 Å². The molecule has 1 fully saturated rings. The number of hydrogen-bond acceptors (Lipinski definition) is 3. The Labute approximate surface area is 58.4 Å². The summed E-state index contributed by atoms with van der Waals surface area (Å²) in [6, 6.07) is 0. The van der Waals surface area contributed by atoms with Gasteiger partial charge in [-0.05, 0) is 0 Å². The van der Waals surface area contributed by atoms with Crippen LogP contribution in [0.15, 0.2) is 0 Å². The lowest BCUT2D eigenvalue weighted by Gasteiger charge is -2.09. The summed E-state index contributed by atoms with van der Waals surface area (Å²) in [7, 11) is 1.59. The first kappa shape index (κ1) is 7.05. The fourth-order valence-electron chi connectivity index (χ4n) is 1.02. The van der Waals surface area contributed by atoms with Crippen LogP contribution < -0.4 is 5.11 Å². The molecule has 1 heterocycles. The van der Waals surface area contributed by atoms with Gasteiger partial charge in [0.2, 0.25) is 5.91 Å². The van der Waals surface area contributed by atoms with Crippen LogP contribution in [-0.2, 0) is 9.59 Å². The molecule has 1 atom stereocenters. The minimum atomic E-state index is -1.13. The number of carbonyl (C=O) groups excluding carboxylic acids is 2. The molecule has 0 aromatic carbocycles. The molecule has 0 aliphatic carbocycles. The van der Waals surface area contributed by atoms with Crippen molar-refractivity contribution in [1.29, 1.82) is 0 Å². The summed E-state index contributed by atoms with van der Waals surface area (Å²) in [6.07, 6.45) is 0.0961. The maximum Gasteiger partial charge on any atom is 0.223 e. The van der Waals surface area contributed by atoms with Gasteiger partial charge in [0.15, 0.2) is 0 Å². The third-order valence-corrected chi connectivity index (χ3v) is 1.67. The molecule has 1 aliphatic rings. The summed E-state index contributed by atoms with van der Waals surface area (Å²) < 4.78 is 0. The third kappa shape index (κ3) is 1.10. The number of carboxylic acid groups (broad SMARTS) is 1. The smallest absolute Gasteiger partial charge is 0.223 e. The van der Waals surface area contributed by atoms with E-state index in [2.05, 4.69) is 0 Å². The van der Waals surface area contributed by atoms with Crippen molar-refractivity contribution >= 4 is 11.9 Å². The maximum atomic E-state index is 10.7. The first-order valence-electron chi connectivity index (χ1n) is 3.06. The zero-order chi connectivity index (χ0) is 7.72. The van der Waals surface area contributed by atoms with Gasteiger partial charge in [-0.2, -0.15) is 0 Å². The van der Waals surface area contributed by atoms with Gasteiger partial charge in [-0.25, -0.2) is 0 Å². The Hall–Kier alpha value is -1.06. The molecule has 0 saturated carbocycles. The number of hydrogen-bond donors (Lipinski definition) is 0. The summed E-state index contributed by atoms with van der Waals surface area (Å²) in [6.45, 7) is 0.293. The average Bonchev–Trinajstić information content (AvgIpc) is 2.13. The standard InChI is InChI=1S/C6H9NO3/c1-7-3-4(6(9)10)2-5(7)8/h4H,2-3H2,1H3,(H,9,10)/p-1/t4-/m1/s1. The van der Waals surface area contributed by atoms with Crippen LogP contribution in [0.25, 0.3) is 0 Å². The molecular weight excluding hydrogens is 134 g/mol. The quantitative estimate of drug-likeness (QED) is 0.434. The monoisotopic (exact) mass is 142 g/mol. The Morgan fingerprint density at radius 3 is 2.60 bits per heavy atom. The first-order valence-corrected chi connectivity index (χ1v) is 3.06. The van der Waals surface area contributed by atoms with Gasteiger partial charge in [-0.1, -0.05) is 0 Å². The third-order valence-electron chi connectivity index (χ3n) is 1.67. The maximum absolute atomic E-state index is 10.7. The summed E-state index contributed by atoms with van der Waals surface area (Å²) in [5.41, 5.74) is 0. The molecule has 1 aliphatic heterocycles. The zero-order valence-corrected chi connectivity index (χ0v) is 5.66. The highest BCUT2D eigenvalue weighted by atomic mass is 16.4. The highest BCUT2D eigenvalue weighted by molar-refractivity contribution is 5.85. The lowest BCUT2D eigenvalue weighted by atomic mass is 10.1. The molecule has 0 N–H and O–H groups in total. The van der Waals surface area contributed by atoms with Crippen molar-refractivity contribution < 1.29 is 14.7 Å². The van der Waals surface area contributed by atoms with Gasteiger partial charge in [-0.15, -0.1) is 0 Å². The molecule has 4 nitrogen and oxygen atoms in total. The van der Waals surface area contributed by atoms with Gasteiger partial charge < -0.3 is 14.8 Å². The van der Waals surface area contributed by atoms with Gasteiger partial charge in [0, 0.05) is 31.9 Å². The largest absolute Gasteiger partial charge is 0.550 e. The average molecular weight is 142 g/mol. The van der Waals surface area contributed by atoms with Gasteiger partial charge in [0.25, 0.3) is 0 Å². The highest BCUT2D eigenvalue weighted by Crippen LogP contribution is 2.14. The fourth-order valence-corrected chi connectivity index (χ4v) is 1.02. The second-order valence-electron chi connectivity index (χ2n) is 2.49. The number of rotatable bonds is 1. The van der Waals surface area contributed by atoms with Gasteiger partial charge >= 0.3 is 0 Å². The van der Waals surface area contributed by atoms with E-state index in [9.17, 15) is 14.7 Å². The van der Waals surface area contributed by atoms with Crippen LogP contribution in [0.5, 0.6) is 0 Å². The molecule has 1 amide bonds. The molecule has 1 saturated heterocycles. The van der Waals surface area contributed by atoms with Crippen LogP contribution in [0.1, 0.15) is 6.42 Å². The van der Waals surface area contributed by atoms with Crippen molar-refractivity contribution in [2.45, 2.75) is 6.42 Å². The van der Waals surface area contributed by atoms with E-state index in [1.54, 1.807) is 7.05 Å². The molecule has 10 heavy (non-hydrogen) atoms. The molecule has 0 spiro atoms. The van der Waals surface area contributed by atoms with Crippen molar-refractivity contribution in [2.75, 3.05) is 13.6 Å². The normalized spacial score (nSPS) is 25.5. The first-order chi connectivity index (χ1) is 4.61. The summed E-state index contributed by atoms with van der Waals surface area (Å²) in [5, 5.41) is 10.2. The van der Waals surface area contributed by atoms with Crippen LogP contribution in [-0.4, -0.2) is 30.4 Å². The Balaban J connectivity index is 2.57. The summed E-state index contributed by atoms with van der Waals surface area (Å²) >= 11 is 0. The number of carboxylic acids is 1. The van der Waals surface area contributed by atoms with Crippen molar-refractivity contribution in [3.63, 3.8) is 0 Å². The van der Waals surface area contributed by atoms with Crippen molar-refractivity contribution in [2.24, 2.45) is 5.92 Å². The Morgan fingerprint density at radius 2 is 2.40 bits per heavy atom. The number of carbonyl (C=O) groups is 2. The van der Waals surface area contributed by atoms with E-state index < -0.39 is 11.9 Å². The van der Waals surface area contributed by atoms with Crippen LogP contribution >= 0.6 is 0 Å². The number of aliphatic carboxylic acids is 1. The molecule has 0 radical (unpaired) electrons. The predicted octanol–water partition coefficient (Wildman–Crippen LogP) is -1.79. The summed E-state index contributed by atoms with van der Waals surface area (Å²) in [5.74, 6) is -1.84. The van der Waals surface area contributed by atoms with Gasteiger partial charge in [0.05, 0.1) is 0 Å². The second kappa shape index (κ2) is 2.28. The summed E-state index contributed by atoms with van der Waals surface area (Å²) in [4.78, 5) is 22.3. The highest BCUT2D eigenvalue weighted by Gasteiger charge is 2.27. The van der Waals surface area contributed by atoms with Gasteiger partial charge in [0.1, 0.15) is 0 Å². The minimum Gasteiger partial charge on any atom is -0.550 e. The SMILES string of the molecule is CN1C[C@H](C(=O)[O-])CC1=O. The van der Waals surface area contributed by atoms with Gasteiger partial charge in [-0.3, -0.25) is 4.79 Å². The molecule has 0 bridgehead atoms. The lowest BCUT2D eigenvalue weighted by Crippen LogP contribution is -2.32. The Bertz CT molecular complexity index is 178. The van der Waals surface area contributed by atoms with Crippen molar-refractivity contribution in [3.05, 3.63) is 0 Å². The van der Waals surface area contributed by atoms with E-state index in [0.29, 0.717) is 6.54 Å². The van der Waals surface area contributed by atoms with E-state index in [1.165, 1.54) is 4.90 Å². The molecule has 0 aromatic heterocycles. The van der Waals surface area contributed by atoms with E-state index in [1.807, 2.05) is 0 Å². The van der Waals surface area contributed by atoms with Crippen LogP contribution in [0, 0.1) is 5.92 Å². The minimum absolute atomic E-state index is 0.0961. The molecule has 4 heteroatoms. The lowest BCUT2D eigenvalue weighted by molar-refractivity contribution is -0.311. The number of amides is 1. The Kier molecular flexibility index (Phi) is 1.61. The van der Waals surface area contributed by atoms with Crippen molar-refractivity contribution in [3.8, 4) is 0 Å². The fraction of sp³-hybridized carbons (Fsp3) is 0.667. The van der Waals surface area contributed by atoms with Crippen LogP contribution in [0.2, 0.25) is 0 Å². The molecule has 0 unspecified atom stereocenters. The molecular formula is C6H8NO3-. The molecule has 0 aromatic rings. The van der Waals surface area contributed by atoms with Crippen LogP contribution in [0.4, 0.5) is 0 Å². The second-order valence-corrected chi connectivity index (χ2v) is 2.49. The Morgan fingerprint density at radius 1 is 1.80 bits per heavy atom. The molecule has 56 valence electrons. The number of likely N-dealkylation sites (tertiary alicyclic amines) is 1. The predicted molar refractivity (Wildman–Crippen MR) is 30.8 cm³/mol. The van der Waals surface area contributed by atoms with E-state index in [-0.39, 0.29) is 12.3 Å². The van der Waals surface area contributed by atoms with E-state index in [4.69, 9.17) is 0 Å².